The molecule has 0 aromatic carbocycles. The summed E-state index contributed by atoms with van der Waals surface area (Å²) in [6.45, 7) is 20.6. The van der Waals surface area contributed by atoms with Crippen molar-refractivity contribution < 1.29 is 0 Å². The zero-order valence-electron chi connectivity index (χ0n) is 14.3. The van der Waals surface area contributed by atoms with E-state index in [9.17, 15) is 0 Å². The van der Waals surface area contributed by atoms with Crippen molar-refractivity contribution in [3.8, 4) is 0 Å². The fraction of sp³-hybridized carbons (Fsp3) is 0.778. The van der Waals surface area contributed by atoms with Crippen molar-refractivity contribution in [2.45, 2.75) is 71.5 Å². The molecule has 0 bridgehead atoms. The summed E-state index contributed by atoms with van der Waals surface area (Å²) in [5, 5.41) is 3.51. The molecule has 0 rings (SSSR count). The molecule has 0 aliphatic rings. The average Bonchev–Trinajstić information content (AvgIpc) is 2.35. The molecule has 1 N–H and O–H groups in total. The lowest BCUT2D eigenvalue weighted by Crippen LogP contribution is -2.30. The topological polar surface area (TPSA) is 12.0 Å². The van der Waals surface area contributed by atoms with Gasteiger partial charge in [0.25, 0.3) is 0 Å². The Hall–Kier alpha value is -0.370. The highest BCUT2D eigenvalue weighted by Gasteiger charge is 2.24. The van der Waals surface area contributed by atoms with Crippen molar-refractivity contribution in [3.63, 3.8) is 0 Å². The van der Waals surface area contributed by atoms with Crippen LogP contribution in [0.4, 0.5) is 0 Å². The summed E-state index contributed by atoms with van der Waals surface area (Å²) in [6.07, 6.45) is 7.77. The smallest absolute Gasteiger partial charge is 0.0195 e. The third-order valence-electron chi connectivity index (χ3n) is 3.64. The first-order chi connectivity index (χ1) is 9.22. The molecular formula is C18H35NS. The minimum Gasteiger partial charge on any atom is -0.388 e. The van der Waals surface area contributed by atoms with Crippen LogP contribution in [-0.4, -0.2) is 17.0 Å². The normalized spacial score (nSPS) is 12.2. The second-order valence-electron chi connectivity index (χ2n) is 6.99. The minimum absolute atomic E-state index is 0.326. The van der Waals surface area contributed by atoms with Gasteiger partial charge in [-0.3, -0.25) is 0 Å². The molecule has 0 saturated heterocycles. The summed E-state index contributed by atoms with van der Waals surface area (Å²) in [6, 6.07) is 0. The van der Waals surface area contributed by atoms with Crippen LogP contribution in [0.2, 0.25) is 0 Å². The Morgan fingerprint density at radius 3 is 2.40 bits per heavy atom. The largest absolute Gasteiger partial charge is 0.388 e. The van der Waals surface area contributed by atoms with Gasteiger partial charge < -0.3 is 5.32 Å². The van der Waals surface area contributed by atoms with Crippen LogP contribution in [0.5, 0.6) is 0 Å². The highest BCUT2D eigenvalue weighted by Crippen LogP contribution is 2.34. The maximum Gasteiger partial charge on any atom is 0.0195 e. The quantitative estimate of drug-likeness (QED) is 0.362. The van der Waals surface area contributed by atoms with Gasteiger partial charge in [-0.05, 0) is 43.3 Å². The summed E-state index contributed by atoms with van der Waals surface area (Å²) < 4.78 is 0.396. The summed E-state index contributed by atoms with van der Waals surface area (Å²) in [7, 11) is 0. The number of thioether (sulfide) groups is 1. The highest BCUT2D eigenvalue weighted by molar-refractivity contribution is 8.00. The van der Waals surface area contributed by atoms with Crippen LogP contribution in [-0.2, 0) is 0 Å². The fourth-order valence-electron chi connectivity index (χ4n) is 2.10. The van der Waals surface area contributed by atoms with Crippen LogP contribution in [0.1, 0.15) is 66.7 Å². The molecule has 0 saturated carbocycles. The van der Waals surface area contributed by atoms with E-state index in [1.165, 1.54) is 24.3 Å². The Bertz CT molecular complexity index is 292. The molecule has 0 aliphatic carbocycles. The van der Waals surface area contributed by atoms with Gasteiger partial charge in [-0.15, -0.1) is 6.58 Å². The van der Waals surface area contributed by atoms with Gasteiger partial charge in [0.1, 0.15) is 0 Å². The Morgan fingerprint density at radius 2 is 1.85 bits per heavy atom. The van der Waals surface area contributed by atoms with Crippen molar-refractivity contribution in [2.75, 3.05) is 12.3 Å². The molecule has 0 spiro atoms. The molecule has 0 aromatic heterocycles. The molecule has 0 aromatic rings. The molecule has 0 heterocycles. The summed E-state index contributed by atoms with van der Waals surface area (Å²) in [5.41, 5.74) is 1.49. The maximum atomic E-state index is 4.12. The lowest BCUT2D eigenvalue weighted by Gasteiger charge is -2.31. The first kappa shape index (κ1) is 19.6. The van der Waals surface area contributed by atoms with Crippen molar-refractivity contribution >= 4 is 11.8 Å². The van der Waals surface area contributed by atoms with Crippen LogP contribution in [0.15, 0.2) is 24.9 Å². The lowest BCUT2D eigenvalue weighted by molar-refractivity contribution is 0.303. The minimum atomic E-state index is 0.326. The second-order valence-corrected chi connectivity index (χ2v) is 8.97. The number of hydrogen-bond donors (Lipinski definition) is 1. The summed E-state index contributed by atoms with van der Waals surface area (Å²) in [5.74, 6) is 1.20. The van der Waals surface area contributed by atoms with E-state index in [1.54, 1.807) is 0 Å². The van der Waals surface area contributed by atoms with Crippen molar-refractivity contribution in [2.24, 2.45) is 5.41 Å². The van der Waals surface area contributed by atoms with Crippen LogP contribution >= 0.6 is 11.8 Å². The number of hydrogen-bond acceptors (Lipinski definition) is 2. The molecule has 0 aliphatic heterocycles. The summed E-state index contributed by atoms with van der Waals surface area (Å²) >= 11 is 2.06. The van der Waals surface area contributed by atoms with Gasteiger partial charge in [0.15, 0.2) is 0 Å². The number of allylic oxidation sites excluding steroid dienone is 2. The second kappa shape index (κ2) is 9.55. The molecule has 0 fully saturated rings. The molecule has 0 amide bonds. The monoisotopic (exact) mass is 297 g/mol. The first-order valence-electron chi connectivity index (χ1n) is 7.89. The van der Waals surface area contributed by atoms with E-state index in [0.29, 0.717) is 10.2 Å². The van der Waals surface area contributed by atoms with E-state index in [4.69, 9.17) is 0 Å². The Morgan fingerprint density at radius 1 is 1.20 bits per heavy atom. The van der Waals surface area contributed by atoms with Gasteiger partial charge in [0.05, 0.1) is 0 Å². The zero-order valence-corrected chi connectivity index (χ0v) is 15.2. The van der Waals surface area contributed by atoms with Gasteiger partial charge in [0, 0.05) is 17.0 Å². The van der Waals surface area contributed by atoms with Gasteiger partial charge in [0.2, 0.25) is 0 Å². The Balaban J connectivity index is 4.00. The average molecular weight is 298 g/mol. The van der Waals surface area contributed by atoms with Crippen molar-refractivity contribution in [1.82, 2.24) is 5.32 Å². The Kier molecular flexibility index (Phi) is 9.37. The number of nitrogens with one attached hydrogen (secondary N) is 1. The van der Waals surface area contributed by atoms with Gasteiger partial charge in [-0.2, -0.15) is 11.8 Å². The zero-order chi connectivity index (χ0) is 15.6. The fourth-order valence-corrected chi connectivity index (χ4v) is 3.13. The van der Waals surface area contributed by atoms with Gasteiger partial charge >= 0.3 is 0 Å². The van der Waals surface area contributed by atoms with Crippen LogP contribution in [0.25, 0.3) is 0 Å². The molecule has 20 heavy (non-hydrogen) atoms. The van der Waals surface area contributed by atoms with Gasteiger partial charge in [-0.25, -0.2) is 0 Å². The summed E-state index contributed by atoms with van der Waals surface area (Å²) in [4.78, 5) is 0. The predicted molar refractivity (Wildman–Crippen MR) is 96.4 cm³/mol. The number of unbranched alkanes of at least 4 members (excludes halogenated alkanes) is 1. The molecule has 1 nitrogen and oxygen atoms in total. The third-order valence-corrected chi connectivity index (χ3v) is 4.92. The van der Waals surface area contributed by atoms with Crippen LogP contribution in [0, 0.1) is 5.41 Å². The van der Waals surface area contributed by atoms with E-state index >= 15 is 0 Å². The predicted octanol–water partition coefficient (Wildman–Crippen LogP) is 5.78. The van der Waals surface area contributed by atoms with E-state index in [1.807, 2.05) is 6.08 Å². The third kappa shape index (κ3) is 10.4. The van der Waals surface area contributed by atoms with E-state index < -0.39 is 0 Å². The molecule has 0 radical (unpaired) electrons. The molecule has 0 atom stereocenters. The van der Waals surface area contributed by atoms with Crippen LogP contribution in [0.3, 0.4) is 0 Å². The highest BCUT2D eigenvalue weighted by atomic mass is 32.2. The molecule has 118 valence electrons. The van der Waals surface area contributed by atoms with E-state index in [2.05, 4.69) is 64.9 Å². The standard InChI is InChI=1S/C18H35NS/c1-8-10-11-12-16(3)19-15-17(4,5)13-14-18(6,7)20-9-2/h8,19H,1,3,9-15H2,2,4-7H3. The molecule has 0 unspecified atom stereocenters. The van der Waals surface area contributed by atoms with Gasteiger partial charge in [-0.1, -0.05) is 47.3 Å². The van der Waals surface area contributed by atoms with Crippen molar-refractivity contribution in [1.29, 1.82) is 0 Å². The Labute approximate surface area is 131 Å². The van der Waals surface area contributed by atoms with E-state index in [-0.39, 0.29) is 0 Å². The molecular weight excluding hydrogens is 262 g/mol. The number of rotatable bonds is 12. The maximum absolute atomic E-state index is 4.12. The first-order valence-corrected chi connectivity index (χ1v) is 8.87. The van der Waals surface area contributed by atoms with Crippen molar-refractivity contribution in [3.05, 3.63) is 24.9 Å². The SMILES string of the molecule is C=CCCCC(=C)NCC(C)(C)CCC(C)(C)SCC. The lowest BCUT2D eigenvalue weighted by atomic mass is 9.85. The van der Waals surface area contributed by atoms with Crippen LogP contribution < -0.4 is 5.32 Å². The molecule has 2 heteroatoms. The van der Waals surface area contributed by atoms with E-state index in [0.717, 1.165) is 25.8 Å².